The summed E-state index contributed by atoms with van der Waals surface area (Å²) in [6, 6.07) is 0. The normalized spacial score (nSPS) is 11.6. The zero-order valence-corrected chi connectivity index (χ0v) is 10.3. The number of unbranched alkanes of at least 4 members (excludes halogenated alkanes) is 3. The van der Waals surface area contributed by atoms with E-state index in [0.717, 1.165) is 19.0 Å². The van der Waals surface area contributed by atoms with Crippen LogP contribution >= 0.6 is 0 Å². The monoisotopic (exact) mass is 200 g/mol. The molecule has 0 fully saturated rings. The maximum Gasteiger partial charge on any atom is 0.0105 e. The minimum Gasteiger partial charge on any atom is -0.329 e. The smallest absolute Gasteiger partial charge is 0.0105 e. The molecule has 0 unspecified atom stereocenters. The van der Waals surface area contributed by atoms with Crippen molar-refractivity contribution in [2.45, 2.75) is 46.5 Å². The van der Waals surface area contributed by atoms with Crippen LogP contribution in [-0.2, 0) is 0 Å². The third kappa shape index (κ3) is 8.52. The van der Waals surface area contributed by atoms with Crippen LogP contribution in [0.4, 0.5) is 0 Å². The van der Waals surface area contributed by atoms with Crippen LogP contribution in [0.1, 0.15) is 46.5 Å². The molecular weight excluding hydrogens is 172 g/mol. The van der Waals surface area contributed by atoms with Crippen molar-refractivity contribution in [3.8, 4) is 0 Å². The third-order valence-corrected chi connectivity index (χ3v) is 2.40. The van der Waals surface area contributed by atoms with Gasteiger partial charge in [-0.3, -0.25) is 0 Å². The van der Waals surface area contributed by atoms with E-state index >= 15 is 0 Å². The van der Waals surface area contributed by atoms with E-state index in [2.05, 4.69) is 25.7 Å². The first kappa shape index (κ1) is 13.9. The van der Waals surface area contributed by atoms with Gasteiger partial charge in [-0.2, -0.15) is 0 Å². The van der Waals surface area contributed by atoms with Crippen LogP contribution in [0, 0.1) is 5.92 Å². The van der Waals surface area contributed by atoms with Crippen molar-refractivity contribution in [3.05, 3.63) is 0 Å². The second-order valence-corrected chi connectivity index (χ2v) is 4.54. The summed E-state index contributed by atoms with van der Waals surface area (Å²) in [5.74, 6) is 0.757. The lowest BCUT2D eigenvalue weighted by Crippen LogP contribution is -2.33. The van der Waals surface area contributed by atoms with Gasteiger partial charge in [0.05, 0.1) is 0 Å². The number of nitrogens with two attached hydrogens (primary N) is 1. The molecule has 0 bridgehead atoms. The van der Waals surface area contributed by atoms with E-state index in [1.807, 2.05) is 0 Å². The molecule has 0 aliphatic rings. The van der Waals surface area contributed by atoms with Crippen LogP contribution in [0.2, 0.25) is 0 Å². The second-order valence-electron chi connectivity index (χ2n) is 4.54. The fourth-order valence-corrected chi connectivity index (χ4v) is 1.76. The first-order valence-corrected chi connectivity index (χ1v) is 6.13. The quantitative estimate of drug-likeness (QED) is 0.579. The molecule has 0 atom stereocenters. The third-order valence-electron chi connectivity index (χ3n) is 2.40. The van der Waals surface area contributed by atoms with Crippen molar-refractivity contribution in [2.24, 2.45) is 11.7 Å². The van der Waals surface area contributed by atoms with Crippen LogP contribution < -0.4 is 5.73 Å². The van der Waals surface area contributed by atoms with Gasteiger partial charge in [-0.05, 0) is 18.9 Å². The predicted octanol–water partition coefficient (Wildman–Crippen LogP) is 2.48. The molecule has 0 amide bonds. The number of hydrogen-bond donors (Lipinski definition) is 1. The Hall–Kier alpha value is -0.0800. The van der Waals surface area contributed by atoms with Gasteiger partial charge in [-0.15, -0.1) is 0 Å². The summed E-state index contributed by atoms with van der Waals surface area (Å²) in [4.78, 5) is 2.50. The van der Waals surface area contributed by atoms with Gasteiger partial charge in [0.25, 0.3) is 0 Å². The Morgan fingerprint density at radius 2 is 1.79 bits per heavy atom. The summed E-state index contributed by atoms with van der Waals surface area (Å²) >= 11 is 0. The number of hydrogen-bond acceptors (Lipinski definition) is 2. The molecule has 0 spiro atoms. The van der Waals surface area contributed by atoms with Gasteiger partial charge in [0.1, 0.15) is 0 Å². The highest BCUT2D eigenvalue weighted by Crippen LogP contribution is 2.03. The molecule has 0 aromatic rings. The van der Waals surface area contributed by atoms with Crippen molar-refractivity contribution >= 4 is 0 Å². The Morgan fingerprint density at radius 3 is 2.29 bits per heavy atom. The fourth-order valence-electron chi connectivity index (χ4n) is 1.76. The molecule has 2 N–H and O–H groups in total. The van der Waals surface area contributed by atoms with Gasteiger partial charge < -0.3 is 10.6 Å². The first-order valence-electron chi connectivity index (χ1n) is 6.13. The van der Waals surface area contributed by atoms with E-state index in [-0.39, 0.29) is 0 Å². The summed E-state index contributed by atoms with van der Waals surface area (Å²) in [7, 11) is 0. The lowest BCUT2D eigenvalue weighted by molar-refractivity contribution is 0.245. The first-order chi connectivity index (χ1) is 6.70. The highest BCUT2D eigenvalue weighted by molar-refractivity contribution is 4.60. The molecule has 0 radical (unpaired) electrons. The number of nitrogens with zero attached hydrogens (tertiary/aromatic N) is 1. The van der Waals surface area contributed by atoms with E-state index in [9.17, 15) is 0 Å². The van der Waals surface area contributed by atoms with Crippen LogP contribution in [0.25, 0.3) is 0 Å². The van der Waals surface area contributed by atoms with Crippen molar-refractivity contribution in [1.82, 2.24) is 4.90 Å². The molecule has 0 saturated heterocycles. The molecule has 14 heavy (non-hydrogen) atoms. The van der Waals surface area contributed by atoms with E-state index < -0.39 is 0 Å². The largest absolute Gasteiger partial charge is 0.329 e. The maximum atomic E-state index is 5.59. The highest BCUT2D eigenvalue weighted by Gasteiger charge is 2.05. The molecule has 0 aliphatic carbocycles. The molecule has 2 nitrogen and oxygen atoms in total. The molecule has 0 aliphatic heterocycles. The van der Waals surface area contributed by atoms with Crippen LogP contribution in [0.3, 0.4) is 0 Å². The molecular formula is C12H28N2. The van der Waals surface area contributed by atoms with Gasteiger partial charge in [0, 0.05) is 19.6 Å². The van der Waals surface area contributed by atoms with Crippen molar-refractivity contribution in [1.29, 1.82) is 0 Å². The highest BCUT2D eigenvalue weighted by atomic mass is 15.1. The summed E-state index contributed by atoms with van der Waals surface area (Å²) in [5.41, 5.74) is 5.59. The Labute approximate surface area is 89.9 Å². The Morgan fingerprint density at radius 1 is 1.07 bits per heavy atom. The minimum atomic E-state index is 0.757. The lowest BCUT2D eigenvalue weighted by Gasteiger charge is -2.23. The van der Waals surface area contributed by atoms with Gasteiger partial charge in [0.15, 0.2) is 0 Å². The van der Waals surface area contributed by atoms with Gasteiger partial charge in [0.2, 0.25) is 0 Å². The van der Waals surface area contributed by atoms with Crippen LogP contribution in [0.5, 0.6) is 0 Å². The van der Waals surface area contributed by atoms with Crippen LogP contribution in [-0.4, -0.2) is 31.1 Å². The molecule has 86 valence electrons. The molecule has 0 aromatic heterocycles. The minimum absolute atomic E-state index is 0.757. The number of rotatable bonds is 9. The topological polar surface area (TPSA) is 29.3 Å². The second kappa shape index (κ2) is 9.47. The Bertz CT molecular complexity index is 113. The summed E-state index contributed by atoms with van der Waals surface area (Å²) in [5, 5.41) is 0. The van der Waals surface area contributed by atoms with Crippen molar-refractivity contribution in [3.63, 3.8) is 0 Å². The van der Waals surface area contributed by atoms with E-state index in [1.165, 1.54) is 38.8 Å². The summed E-state index contributed by atoms with van der Waals surface area (Å²) in [6.45, 7) is 11.1. The standard InChI is InChI=1S/C12H28N2/c1-4-5-6-7-9-14(10-8-13)11-12(2)3/h12H,4-11,13H2,1-3H3. The zero-order chi connectivity index (χ0) is 10.8. The molecule has 0 saturated carbocycles. The zero-order valence-electron chi connectivity index (χ0n) is 10.3. The Balaban J connectivity index is 3.51. The van der Waals surface area contributed by atoms with Crippen molar-refractivity contribution < 1.29 is 0 Å². The maximum absolute atomic E-state index is 5.59. The van der Waals surface area contributed by atoms with Gasteiger partial charge >= 0.3 is 0 Å². The van der Waals surface area contributed by atoms with Crippen molar-refractivity contribution in [2.75, 3.05) is 26.2 Å². The van der Waals surface area contributed by atoms with E-state index in [4.69, 9.17) is 5.73 Å². The molecule has 2 heteroatoms. The molecule has 0 aromatic carbocycles. The summed E-state index contributed by atoms with van der Waals surface area (Å²) < 4.78 is 0. The predicted molar refractivity (Wildman–Crippen MR) is 64.5 cm³/mol. The Kier molecular flexibility index (Phi) is 9.42. The average molecular weight is 200 g/mol. The SMILES string of the molecule is CCCCCCN(CCN)CC(C)C. The van der Waals surface area contributed by atoms with Gasteiger partial charge in [-0.1, -0.05) is 40.0 Å². The molecule has 0 heterocycles. The van der Waals surface area contributed by atoms with Gasteiger partial charge in [-0.25, -0.2) is 0 Å². The van der Waals surface area contributed by atoms with E-state index in [0.29, 0.717) is 0 Å². The van der Waals surface area contributed by atoms with E-state index in [1.54, 1.807) is 0 Å². The average Bonchev–Trinajstić information content (AvgIpc) is 2.12. The molecule has 0 rings (SSSR count). The lowest BCUT2D eigenvalue weighted by atomic mass is 10.1. The summed E-state index contributed by atoms with van der Waals surface area (Å²) in [6.07, 6.45) is 5.40. The fraction of sp³-hybridized carbons (Fsp3) is 1.00. The van der Waals surface area contributed by atoms with Crippen LogP contribution in [0.15, 0.2) is 0 Å².